The second-order valence-electron chi connectivity index (χ2n) is 4.76. The zero-order valence-corrected chi connectivity index (χ0v) is 12.7. The van der Waals surface area contributed by atoms with Crippen molar-refractivity contribution in [3.05, 3.63) is 40.3 Å². The van der Waals surface area contributed by atoms with E-state index in [1.54, 1.807) is 0 Å². The van der Waals surface area contributed by atoms with Crippen LogP contribution in [0.3, 0.4) is 0 Å². The number of aryl methyl sites for hydroxylation is 1. The maximum Gasteiger partial charge on any atom is 0.0561 e. The molecule has 4 nitrogen and oxygen atoms in total. The molecule has 2 heterocycles. The molecule has 0 saturated carbocycles. The van der Waals surface area contributed by atoms with Crippen LogP contribution in [0.2, 0.25) is 0 Å². The van der Waals surface area contributed by atoms with Crippen LogP contribution in [-0.2, 0) is 13.1 Å². The van der Waals surface area contributed by atoms with Crippen LogP contribution in [0.4, 0.5) is 0 Å². The fraction of sp³-hybridized carbons (Fsp3) is 0.500. The van der Waals surface area contributed by atoms with Crippen LogP contribution in [0.25, 0.3) is 0 Å². The van der Waals surface area contributed by atoms with Crippen LogP contribution in [0.5, 0.6) is 0 Å². The number of nitrogens with one attached hydrogen (secondary N) is 1. The largest absolute Gasteiger partial charge is 0.309 e. The van der Waals surface area contributed by atoms with E-state index in [0.29, 0.717) is 6.04 Å². The van der Waals surface area contributed by atoms with Gasteiger partial charge in [0.15, 0.2) is 0 Å². The maximum absolute atomic E-state index is 4.29. The highest BCUT2D eigenvalue weighted by molar-refractivity contribution is 7.10. The van der Waals surface area contributed by atoms with Crippen molar-refractivity contribution >= 4 is 11.3 Å². The second kappa shape index (κ2) is 6.84. The highest BCUT2D eigenvalue weighted by Crippen LogP contribution is 2.22. The maximum atomic E-state index is 4.29. The fourth-order valence-electron chi connectivity index (χ4n) is 2.15. The first-order valence-corrected chi connectivity index (χ1v) is 7.51. The molecule has 2 aromatic heterocycles. The van der Waals surface area contributed by atoms with Crippen LogP contribution in [-0.4, -0.2) is 35.3 Å². The summed E-state index contributed by atoms with van der Waals surface area (Å²) in [6, 6.07) is 6.82. The van der Waals surface area contributed by atoms with Gasteiger partial charge in [-0.2, -0.15) is 5.10 Å². The van der Waals surface area contributed by atoms with Gasteiger partial charge in [-0.1, -0.05) is 6.07 Å². The highest BCUT2D eigenvalue weighted by Gasteiger charge is 2.14. The molecule has 1 atom stereocenters. The molecular formula is C14H22N4S. The lowest BCUT2D eigenvalue weighted by atomic mass is 10.2. The Morgan fingerprint density at radius 1 is 1.42 bits per heavy atom. The summed E-state index contributed by atoms with van der Waals surface area (Å²) in [5, 5.41) is 9.96. The van der Waals surface area contributed by atoms with Gasteiger partial charge in [0.1, 0.15) is 0 Å². The third-order valence-electron chi connectivity index (χ3n) is 3.24. The van der Waals surface area contributed by atoms with E-state index in [1.165, 1.54) is 10.6 Å². The summed E-state index contributed by atoms with van der Waals surface area (Å²) in [6.07, 6.45) is 1.86. The van der Waals surface area contributed by atoms with E-state index in [1.807, 2.05) is 22.2 Å². The molecule has 0 radical (unpaired) electrons. The van der Waals surface area contributed by atoms with Crippen molar-refractivity contribution in [3.8, 4) is 0 Å². The van der Waals surface area contributed by atoms with Gasteiger partial charge >= 0.3 is 0 Å². The van der Waals surface area contributed by atoms with Crippen molar-refractivity contribution in [3.63, 3.8) is 0 Å². The normalized spacial score (nSPS) is 13.1. The Morgan fingerprint density at radius 3 is 2.89 bits per heavy atom. The SMILES string of the molecule is CCn1nccc1CNCC(c1cccs1)N(C)C. The van der Waals surface area contributed by atoms with E-state index in [2.05, 4.69) is 59.9 Å². The molecule has 0 bridgehead atoms. The van der Waals surface area contributed by atoms with E-state index in [-0.39, 0.29) is 0 Å². The first kappa shape index (κ1) is 14.2. The summed E-state index contributed by atoms with van der Waals surface area (Å²) in [6.45, 7) is 4.85. The van der Waals surface area contributed by atoms with Gasteiger partial charge in [-0.25, -0.2) is 0 Å². The zero-order valence-electron chi connectivity index (χ0n) is 11.8. The Bertz CT molecular complexity index is 475. The van der Waals surface area contributed by atoms with Crippen LogP contribution in [0.1, 0.15) is 23.5 Å². The van der Waals surface area contributed by atoms with Crippen molar-refractivity contribution in [2.45, 2.75) is 26.1 Å². The van der Waals surface area contributed by atoms with Crippen molar-refractivity contribution in [1.82, 2.24) is 20.0 Å². The van der Waals surface area contributed by atoms with Crippen LogP contribution in [0.15, 0.2) is 29.8 Å². The van der Waals surface area contributed by atoms with Gasteiger partial charge in [0, 0.05) is 30.7 Å². The van der Waals surface area contributed by atoms with Gasteiger partial charge in [0.2, 0.25) is 0 Å². The first-order chi connectivity index (χ1) is 9.22. The molecule has 5 heteroatoms. The Hall–Kier alpha value is -1.17. The summed E-state index contributed by atoms with van der Waals surface area (Å²) in [5.74, 6) is 0. The average molecular weight is 278 g/mol. The third-order valence-corrected chi connectivity index (χ3v) is 4.22. The first-order valence-electron chi connectivity index (χ1n) is 6.63. The van der Waals surface area contributed by atoms with Crippen molar-refractivity contribution in [2.75, 3.05) is 20.6 Å². The molecule has 104 valence electrons. The number of likely N-dealkylation sites (N-methyl/N-ethyl adjacent to an activating group) is 1. The lowest BCUT2D eigenvalue weighted by Gasteiger charge is -2.23. The fourth-order valence-corrected chi connectivity index (χ4v) is 3.07. The van der Waals surface area contributed by atoms with Crippen LogP contribution >= 0.6 is 11.3 Å². The molecule has 0 fully saturated rings. The predicted octanol–water partition coefficient (Wildman–Crippen LogP) is 2.36. The zero-order chi connectivity index (χ0) is 13.7. The summed E-state index contributed by atoms with van der Waals surface area (Å²) in [5.41, 5.74) is 1.24. The van der Waals surface area contributed by atoms with Gasteiger partial charge in [-0.05, 0) is 38.5 Å². The van der Waals surface area contributed by atoms with E-state index < -0.39 is 0 Å². The van der Waals surface area contributed by atoms with E-state index in [4.69, 9.17) is 0 Å². The van der Waals surface area contributed by atoms with E-state index in [0.717, 1.165) is 19.6 Å². The predicted molar refractivity (Wildman–Crippen MR) is 80.4 cm³/mol. The smallest absolute Gasteiger partial charge is 0.0561 e. The lowest BCUT2D eigenvalue weighted by Crippen LogP contribution is -2.30. The summed E-state index contributed by atoms with van der Waals surface area (Å²) in [7, 11) is 4.25. The van der Waals surface area contributed by atoms with Gasteiger partial charge in [-0.15, -0.1) is 11.3 Å². The third kappa shape index (κ3) is 3.65. The van der Waals surface area contributed by atoms with Crippen molar-refractivity contribution in [2.24, 2.45) is 0 Å². The Kier molecular flexibility index (Phi) is 5.13. The molecule has 19 heavy (non-hydrogen) atoms. The molecule has 0 spiro atoms. The average Bonchev–Trinajstić information content (AvgIpc) is 3.05. The van der Waals surface area contributed by atoms with Crippen molar-refractivity contribution < 1.29 is 0 Å². The van der Waals surface area contributed by atoms with Crippen LogP contribution < -0.4 is 5.32 Å². The highest BCUT2D eigenvalue weighted by atomic mass is 32.1. The van der Waals surface area contributed by atoms with Gasteiger partial charge in [-0.3, -0.25) is 4.68 Å². The molecule has 0 amide bonds. The Balaban J connectivity index is 1.90. The molecule has 1 unspecified atom stereocenters. The number of hydrogen-bond donors (Lipinski definition) is 1. The second-order valence-corrected chi connectivity index (χ2v) is 5.74. The molecule has 2 rings (SSSR count). The molecule has 0 aliphatic carbocycles. The summed E-state index contributed by atoms with van der Waals surface area (Å²) < 4.78 is 2.03. The molecule has 1 N–H and O–H groups in total. The number of aromatic nitrogens is 2. The molecule has 0 aliphatic heterocycles. The minimum atomic E-state index is 0.429. The van der Waals surface area contributed by atoms with E-state index in [9.17, 15) is 0 Å². The van der Waals surface area contributed by atoms with Gasteiger partial charge < -0.3 is 10.2 Å². The quantitative estimate of drug-likeness (QED) is 0.844. The lowest BCUT2D eigenvalue weighted by molar-refractivity contribution is 0.291. The summed E-state index contributed by atoms with van der Waals surface area (Å²) >= 11 is 1.82. The number of hydrogen-bond acceptors (Lipinski definition) is 4. The Labute approximate surface area is 119 Å². The topological polar surface area (TPSA) is 33.1 Å². The standard InChI is InChI=1S/C14H22N4S/c1-4-18-12(7-8-16-18)10-15-11-13(17(2)3)14-6-5-9-19-14/h5-9,13,15H,4,10-11H2,1-3H3. The molecule has 0 aliphatic rings. The van der Waals surface area contributed by atoms with Crippen LogP contribution in [0, 0.1) is 0 Å². The number of nitrogens with zero attached hydrogens (tertiary/aromatic N) is 3. The number of rotatable bonds is 7. The minimum absolute atomic E-state index is 0.429. The van der Waals surface area contributed by atoms with Gasteiger partial charge in [0.25, 0.3) is 0 Å². The monoisotopic (exact) mass is 278 g/mol. The van der Waals surface area contributed by atoms with Gasteiger partial charge in [0.05, 0.1) is 11.7 Å². The van der Waals surface area contributed by atoms with E-state index >= 15 is 0 Å². The molecule has 0 aromatic carbocycles. The minimum Gasteiger partial charge on any atom is -0.309 e. The molecule has 2 aromatic rings. The number of thiophene rings is 1. The molecular weight excluding hydrogens is 256 g/mol. The van der Waals surface area contributed by atoms with Crippen molar-refractivity contribution in [1.29, 1.82) is 0 Å². The molecule has 0 saturated heterocycles. The Morgan fingerprint density at radius 2 is 2.26 bits per heavy atom. The summed E-state index contributed by atoms with van der Waals surface area (Å²) in [4.78, 5) is 3.66.